The average molecular weight is 378 g/mol. The molecular weight excluding hydrogens is 352 g/mol. The van der Waals surface area contributed by atoms with E-state index in [1.807, 2.05) is 31.2 Å². The number of aryl methyl sites for hydroxylation is 1. The van der Waals surface area contributed by atoms with Crippen LogP contribution in [0.3, 0.4) is 0 Å². The minimum absolute atomic E-state index is 0. The molecule has 0 aliphatic rings. The van der Waals surface area contributed by atoms with Crippen LogP contribution >= 0.6 is 28.3 Å². The molecule has 0 spiro atoms. The predicted molar refractivity (Wildman–Crippen MR) is 94.8 cm³/mol. The van der Waals surface area contributed by atoms with Gasteiger partial charge in [0, 0.05) is 23.0 Å². The van der Waals surface area contributed by atoms with Gasteiger partial charge in [-0.15, -0.1) is 12.4 Å². The zero-order chi connectivity index (χ0) is 15.2. The van der Waals surface area contributed by atoms with Crippen molar-refractivity contribution in [1.82, 2.24) is 5.32 Å². The summed E-state index contributed by atoms with van der Waals surface area (Å²) in [6.07, 6.45) is 2.14. The highest BCUT2D eigenvalue weighted by Gasteiger charge is 2.25. The summed E-state index contributed by atoms with van der Waals surface area (Å²) >= 11 is 3.40. The fourth-order valence-electron chi connectivity index (χ4n) is 2.39. The van der Waals surface area contributed by atoms with Crippen LogP contribution in [-0.4, -0.2) is 18.0 Å². The first-order chi connectivity index (χ1) is 9.34. The Morgan fingerprint density at radius 1 is 1.33 bits per heavy atom. The van der Waals surface area contributed by atoms with Crippen molar-refractivity contribution in [2.45, 2.75) is 45.6 Å². The molecule has 0 aliphatic heterocycles. The molecule has 21 heavy (non-hydrogen) atoms. The van der Waals surface area contributed by atoms with Crippen molar-refractivity contribution < 1.29 is 4.79 Å². The first-order valence-corrected chi connectivity index (χ1v) is 7.89. The lowest BCUT2D eigenvalue weighted by Crippen LogP contribution is -2.52. The van der Waals surface area contributed by atoms with Gasteiger partial charge in [0.1, 0.15) is 0 Å². The molecule has 3 nitrogen and oxygen atoms in total. The maximum absolute atomic E-state index is 12.1. The molecule has 0 aromatic heterocycles. The van der Waals surface area contributed by atoms with Gasteiger partial charge in [0.15, 0.2) is 0 Å². The number of carbonyl (C=O) groups is 1. The quantitative estimate of drug-likeness (QED) is 0.761. The summed E-state index contributed by atoms with van der Waals surface area (Å²) in [5.41, 5.74) is 6.68. The van der Waals surface area contributed by atoms with Crippen LogP contribution in [0.4, 0.5) is 0 Å². The van der Waals surface area contributed by atoms with Crippen molar-refractivity contribution in [2.24, 2.45) is 11.7 Å². The minimum atomic E-state index is -0.301. The van der Waals surface area contributed by atoms with Gasteiger partial charge in [-0.1, -0.05) is 41.9 Å². The molecule has 1 rings (SSSR count). The van der Waals surface area contributed by atoms with E-state index in [0.717, 1.165) is 17.3 Å². The Kier molecular flexibility index (Phi) is 9.18. The number of hydrogen-bond acceptors (Lipinski definition) is 2. The van der Waals surface area contributed by atoms with Crippen LogP contribution in [0.25, 0.3) is 0 Å². The molecule has 0 bridgehead atoms. The van der Waals surface area contributed by atoms with Crippen molar-refractivity contribution in [3.05, 3.63) is 34.3 Å². The third-order valence-electron chi connectivity index (χ3n) is 3.30. The lowest BCUT2D eigenvalue weighted by molar-refractivity contribution is -0.122. The van der Waals surface area contributed by atoms with Gasteiger partial charge in [-0.25, -0.2) is 0 Å². The molecule has 0 saturated heterocycles. The predicted octanol–water partition coefficient (Wildman–Crippen LogP) is 3.68. The molecule has 1 aromatic carbocycles. The third-order valence-corrected chi connectivity index (χ3v) is 3.83. The topological polar surface area (TPSA) is 55.1 Å². The number of nitrogens with two attached hydrogens (primary N) is 1. The molecule has 1 amide bonds. The summed E-state index contributed by atoms with van der Waals surface area (Å²) in [6.45, 7) is 6.77. The summed E-state index contributed by atoms with van der Waals surface area (Å²) in [7, 11) is 0. The largest absolute Gasteiger partial charge is 0.350 e. The smallest absolute Gasteiger partial charge is 0.220 e. The second-order valence-corrected chi connectivity index (χ2v) is 6.95. The molecule has 1 aromatic rings. The van der Waals surface area contributed by atoms with E-state index in [9.17, 15) is 4.79 Å². The molecular formula is C16H26BrClN2O. The highest BCUT2D eigenvalue weighted by Crippen LogP contribution is 2.16. The Balaban J connectivity index is 0.00000400. The maximum atomic E-state index is 12.1. The Hall–Kier alpha value is -0.580. The average Bonchev–Trinajstić information content (AvgIpc) is 2.37. The summed E-state index contributed by atoms with van der Waals surface area (Å²) in [6, 6.07) is 8.06. The maximum Gasteiger partial charge on any atom is 0.220 e. The molecule has 0 fully saturated rings. The molecule has 120 valence electrons. The van der Waals surface area contributed by atoms with Crippen LogP contribution in [0, 0.1) is 5.92 Å². The summed E-state index contributed by atoms with van der Waals surface area (Å²) < 4.78 is 1.05. The Labute approximate surface area is 142 Å². The molecule has 0 radical (unpaired) electrons. The number of hydrogen-bond donors (Lipinski definition) is 2. The van der Waals surface area contributed by atoms with Gasteiger partial charge in [-0.2, -0.15) is 0 Å². The second kappa shape index (κ2) is 9.44. The van der Waals surface area contributed by atoms with Crippen molar-refractivity contribution in [3.63, 3.8) is 0 Å². The van der Waals surface area contributed by atoms with Gasteiger partial charge >= 0.3 is 0 Å². The standard InChI is InChI=1S/C16H25BrN2O.ClH/c1-12(2)10-16(3,11-18)19-15(20)9-6-13-4-7-14(17)8-5-13;/h4-5,7-8,12H,6,9-11,18H2,1-3H3,(H,19,20);1H. The molecule has 3 N–H and O–H groups in total. The van der Waals surface area contributed by atoms with Gasteiger partial charge in [0.05, 0.1) is 0 Å². The molecule has 0 aliphatic carbocycles. The van der Waals surface area contributed by atoms with Gasteiger partial charge in [-0.3, -0.25) is 4.79 Å². The lowest BCUT2D eigenvalue weighted by Gasteiger charge is -2.31. The first-order valence-electron chi connectivity index (χ1n) is 7.10. The van der Waals surface area contributed by atoms with E-state index in [1.54, 1.807) is 0 Å². The van der Waals surface area contributed by atoms with Gasteiger partial charge in [0.2, 0.25) is 5.91 Å². The fourth-order valence-corrected chi connectivity index (χ4v) is 2.66. The van der Waals surface area contributed by atoms with Crippen molar-refractivity contribution >= 4 is 34.2 Å². The number of amides is 1. The van der Waals surface area contributed by atoms with E-state index >= 15 is 0 Å². The Morgan fingerprint density at radius 2 is 1.90 bits per heavy atom. The highest BCUT2D eigenvalue weighted by atomic mass is 79.9. The number of halogens is 2. The van der Waals surface area contributed by atoms with E-state index in [4.69, 9.17) is 5.73 Å². The molecule has 5 heteroatoms. The van der Waals surface area contributed by atoms with Gasteiger partial charge in [-0.05, 0) is 43.4 Å². The Morgan fingerprint density at radius 3 is 2.38 bits per heavy atom. The van der Waals surface area contributed by atoms with Crippen LogP contribution in [0.1, 0.15) is 39.2 Å². The minimum Gasteiger partial charge on any atom is -0.350 e. The van der Waals surface area contributed by atoms with Crippen LogP contribution in [-0.2, 0) is 11.2 Å². The zero-order valence-corrected chi connectivity index (χ0v) is 15.4. The van der Waals surface area contributed by atoms with Crippen molar-refractivity contribution in [2.75, 3.05) is 6.54 Å². The summed E-state index contributed by atoms with van der Waals surface area (Å²) in [4.78, 5) is 12.1. The SMILES string of the molecule is CC(C)CC(C)(CN)NC(=O)CCc1ccc(Br)cc1.Cl. The molecule has 1 atom stereocenters. The van der Waals surface area contributed by atoms with E-state index in [0.29, 0.717) is 18.9 Å². The Bertz CT molecular complexity index is 436. The van der Waals surface area contributed by atoms with Crippen molar-refractivity contribution in [3.8, 4) is 0 Å². The summed E-state index contributed by atoms with van der Waals surface area (Å²) in [5, 5.41) is 3.08. The third kappa shape index (κ3) is 7.84. The fraction of sp³-hybridized carbons (Fsp3) is 0.562. The van der Waals surface area contributed by atoms with E-state index in [1.165, 1.54) is 5.56 Å². The zero-order valence-electron chi connectivity index (χ0n) is 13.0. The van der Waals surface area contributed by atoms with Crippen LogP contribution in [0.15, 0.2) is 28.7 Å². The monoisotopic (exact) mass is 376 g/mol. The van der Waals surface area contributed by atoms with E-state index in [-0.39, 0.29) is 23.9 Å². The lowest BCUT2D eigenvalue weighted by atomic mass is 9.90. The second-order valence-electron chi connectivity index (χ2n) is 6.04. The molecule has 0 saturated carbocycles. The molecule has 1 unspecified atom stereocenters. The highest BCUT2D eigenvalue weighted by molar-refractivity contribution is 9.10. The number of nitrogens with one attached hydrogen (secondary N) is 1. The number of rotatable bonds is 7. The van der Waals surface area contributed by atoms with E-state index in [2.05, 4.69) is 35.1 Å². The molecule has 0 heterocycles. The van der Waals surface area contributed by atoms with Gasteiger partial charge in [0.25, 0.3) is 0 Å². The number of carbonyl (C=O) groups excluding carboxylic acids is 1. The van der Waals surface area contributed by atoms with Crippen LogP contribution in [0.2, 0.25) is 0 Å². The summed E-state index contributed by atoms with van der Waals surface area (Å²) in [5.74, 6) is 0.580. The van der Waals surface area contributed by atoms with Crippen LogP contribution < -0.4 is 11.1 Å². The van der Waals surface area contributed by atoms with Gasteiger partial charge < -0.3 is 11.1 Å². The van der Waals surface area contributed by atoms with Crippen LogP contribution in [0.5, 0.6) is 0 Å². The van der Waals surface area contributed by atoms with E-state index < -0.39 is 0 Å². The normalized spacial score (nSPS) is 13.4. The number of benzene rings is 1. The first kappa shape index (κ1) is 20.4. The van der Waals surface area contributed by atoms with Crippen molar-refractivity contribution in [1.29, 1.82) is 0 Å².